The minimum atomic E-state index is -0.758. The average Bonchev–Trinajstić information content (AvgIpc) is 3.70. The molecule has 3 aromatic carbocycles. The van der Waals surface area contributed by atoms with E-state index < -0.39 is 5.97 Å². The van der Waals surface area contributed by atoms with Gasteiger partial charge in [0, 0.05) is 30.1 Å². The number of para-hydroxylation sites is 1. The van der Waals surface area contributed by atoms with Crippen molar-refractivity contribution in [3.8, 4) is 16.9 Å². The largest absolute Gasteiger partial charge is 0.493 e. The number of carbonyl (C=O) groups excluding carboxylic acids is 1. The van der Waals surface area contributed by atoms with Crippen LogP contribution in [0.25, 0.3) is 11.1 Å². The van der Waals surface area contributed by atoms with Crippen molar-refractivity contribution in [1.82, 2.24) is 4.90 Å². The van der Waals surface area contributed by atoms with Gasteiger partial charge in [0.15, 0.2) is 0 Å². The van der Waals surface area contributed by atoms with Crippen LogP contribution in [-0.4, -0.2) is 34.5 Å². The Bertz CT molecular complexity index is 1150. The van der Waals surface area contributed by atoms with Gasteiger partial charge in [-0.2, -0.15) is 0 Å². The molecule has 0 bridgehead atoms. The summed E-state index contributed by atoms with van der Waals surface area (Å²) in [7, 11) is 0. The van der Waals surface area contributed by atoms with Gasteiger partial charge in [0.2, 0.25) is 0 Å². The summed E-state index contributed by atoms with van der Waals surface area (Å²) in [6, 6.07) is 24.4. The molecule has 3 aromatic rings. The van der Waals surface area contributed by atoms with Crippen LogP contribution in [0.1, 0.15) is 60.0 Å². The smallest absolute Gasteiger partial charge is 0.303 e. The number of unbranched alkanes of at least 4 members (excludes halogenated alkanes) is 2. The highest BCUT2D eigenvalue weighted by atomic mass is 16.5. The van der Waals surface area contributed by atoms with Crippen molar-refractivity contribution in [2.75, 3.05) is 6.61 Å². The molecular weight excluding hydrogens is 438 g/mol. The normalized spacial score (nSPS) is 12.8. The van der Waals surface area contributed by atoms with E-state index in [-0.39, 0.29) is 18.4 Å². The highest BCUT2D eigenvalue weighted by Gasteiger charge is 2.33. The van der Waals surface area contributed by atoms with Crippen LogP contribution in [0.5, 0.6) is 5.75 Å². The maximum absolute atomic E-state index is 13.5. The van der Waals surface area contributed by atoms with Crippen LogP contribution in [0.2, 0.25) is 0 Å². The van der Waals surface area contributed by atoms with Crippen molar-refractivity contribution in [2.24, 2.45) is 0 Å². The number of aryl methyl sites for hydroxylation is 1. The summed E-state index contributed by atoms with van der Waals surface area (Å²) in [4.78, 5) is 26.1. The zero-order valence-corrected chi connectivity index (χ0v) is 20.3. The predicted octanol–water partition coefficient (Wildman–Crippen LogP) is 6.49. The van der Waals surface area contributed by atoms with Gasteiger partial charge in [-0.1, -0.05) is 60.2 Å². The van der Waals surface area contributed by atoms with E-state index in [1.807, 2.05) is 59.5 Å². The molecule has 0 aliphatic heterocycles. The van der Waals surface area contributed by atoms with Gasteiger partial charge in [0.25, 0.3) is 5.91 Å². The van der Waals surface area contributed by atoms with E-state index in [2.05, 4.69) is 25.1 Å². The first-order valence-corrected chi connectivity index (χ1v) is 12.4. The van der Waals surface area contributed by atoms with Gasteiger partial charge in [0.1, 0.15) is 5.75 Å². The molecule has 1 aliphatic carbocycles. The number of rotatable bonds is 12. The molecule has 35 heavy (non-hydrogen) atoms. The minimum Gasteiger partial charge on any atom is -0.493 e. The molecule has 5 nitrogen and oxygen atoms in total. The van der Waals surface area contributed by atoms with E-state index in [1.54, 1.807) is 0 Å². The third kappa shape index (κ3) is 6.95. The van der Waals surface area contributed by atoms with Crippen LogP contribution < -0.4 is 4.74 Å². The van der Waals surface area contributed by atoms with Crippen LogP contribution in [0.15, 0.2) is 72.8 Å². The number of carbonyl (C=O) groups is 2. The molecule has 0 unspecified atom stereocenters. The molecule has 0 atom stereocenters. The van der Waals surface area contributed by atoms with Crippen molar-refractivity contribution in [3.05, 3.63) is 89.5 Å². The molecule has 5 heteroatoms. The Labute approximate surface area is 207 Å². The SMILES string of the molecule is Cc1cccc(-c2ccc(C(=O)N(Cc3ccccc3OCCCCCC(=O)O)C3CC3)cc2)c1. The maximum atomic E-state index is 13.5. The standard InChI is InChI=1S/C30H33NO4/c1-22-8-7-10-25(20-22)23-13-15-24(16-14-23)30(34)31(27-17-18-27)21-26-9-4-5-11-28(26)35-19-6-2-3-12-29(32)33/h4-5,7-11,13-16,20,27H,2-3,6,12,17-19,21H2,1H3,(H,32,33). The summed E-state index contributed by atoms with van der Waals surface area (Å²) < 4.78 is 6.02. The molecular formula is C30H33NO4. The zero-order chi connectivity index (χ0) is 24.6. The summed E-state index contributed by atoms with van der Waals surface area (Å²) in [5.41, 5.74) is 5.16. The molecule has 0 aromatic heterocycles. The van der Waals surface area contributed by atoms with Crippen molar-refractivity contribution in [1.29, 1.82) is 0 Å². The van der Waals surface area contributed by atoms with E-state index in [9.17, 15) is 9.59 Å². The molecule has 1 fully saturated rings. The lowest BCUT2D eigenvalue weighted by atomic mass is 10.0. The Kier molecular flexibility index (Phi) is 8.19. The molecule has 4 rings (SSSR count). The number of hydrogen-bond acceptors (Lipinski definition) is 3. The molecule has 0 spiro atoms. The Morgan fingerprint density at radius 2 is 1.69 bits per heavy atom. The van der Waals surface area contributed by atoms with E-state index in [0.717, 1.165) is 48.1 Å². The molecule has 1 aliphatic rings. The van der Waals surface area contributed by atoms with Crippen LogP contribution in [-0.2, 0) is 11.3 Å². The fraction of sp³-hybridized carbons (Fsp3) is 0.333. The Balaban J connectivity index is 1.41. The number of aliphatic carboxylic acids is 1. The highest BCUT2D eigenvalue weighted by molar-refractivity contribution is 5.95. The second-order valence-corrected chi connectivity index (χ2v) is 9.27. The van der Waals surface area contributed by atoms with Crippen LogP contribution in [0.3, 0.4) is 0 Å². The molecule has 1 N–H and O–H groups in total. The summed E-state index contributed by atoms with van der Waals surface area (Å²) in [5, 5.41) is 8.76. The first-order chi connectivity index (χ1) is 17.0. The monoisotopic (exact) mass is 471 g/mol. The third-order valence-electron chi connectivity index (χ3n) is 6.34. The molecule has 182 valence electrons. The van der Waals surface area contributed by atoms with E-state index in [4.69, 9.17) is 9.84 Å². The minimum absolute atomic E-state index is 0.0479. The van der Waals surface area contributed by atoms with Crippen LogP contribution in [0, 0.1) is 6.92 Å². The molecule has 1 amide bonds. The van der Waals surface area contributed by atoms with E-state index >= 15 is 0 Å². The average molecular weight is 472 g/mol. The van der Waals surface area contributed by atoms with Gasteiger partial charge in [-0.05, 0) is 68.4 Å². The van der Waals surface area contributed by atoms with Crippen molar-refractivity contribution in [3.63, 3.8) is 0 Å². The maximum Gasteiger partial charge on any atom is 0.303 e. The number of hydrogen-bond donors (Lipinski definition) is 1. The lowest BCUT2D eigenvalue weighted by molar-refractivity contribution is -0.137. The second kappa shape index (κ2) is 11.7. The number of amides is 1. The fourth-order valence-corrected chi connectivity index (χ4v) is 4.24. The molecule has 0 radical (unpaired) electrons. The predicted molar refractivity (Wildman–Crippen MR) is 138 cm³/mol. The van der Waals surface area contributed by atoms with Gasteiger partial charge >= 0.3 is 5.97 Å². The van der Waals surface area contributed by atoms with Gasteiger partial charge in [-0.25, -0.2) is 0 Å². The van der Waals surface area contributed by atoms with Gasteiger partial charge in [0.05, 0.1) is 6.61 Å². The van der Waals surface area contributed by atoms with Gasteiger partial charge < -0.3 is 14.7 Å². The number of nitrogens with zero attached hydrogens (tertiary/aromatic N) is 1. The summed E-state index contributed by atoms with van der Waals surface area (Å²) in [6.07, 6.45) is 4.54. The summed E-state index contributed by atoms with van der Waals surface area (Å²) in [6.45, 7) is 3.13. The first kappa shape index (κ1) is 24.5. The number of carboxylic acids is 1. The molecule has 1 saturated carbocycles. The Hall–Kier alpha value is -3.60. The zero-order valence-electron chi connectivity index (χ0n) is 20.3. The Morgan fingerprint density at radius 1 is 0.914 bits per heavy atom. The summed E-state index contributed by atoms with van der Waals surface area (Å²) >= 11 is 0. The molecule has 0 saturated heterocycles. The first-order valence-electron chi connectivity index (χ1n) is 12.4. The van der Waals surface area contributed by atoms with Crippen molar-refractivity contribution >= 4 is 11.9 Å². The molecule has 0 heterocycles. The van der Waals surface area contributed by atoms with Gasteiger partial charge in [-0.15, -0.1) is 0 Å². The van der Waals surface area contributed by atoms with Crippen molar-refractivity contribution in [2.45, 2.75) is 58.0 Å². The number of ether oxygens (including phenoxy) is 1. The highest BCUT2D eigenvalue weighted by Crippen LogP contribution is 2.32. The van der Waals surface area contributed by atoms with Gasteiger partial charge in [-0.3, -0.25) is 9.59 Å². The lowest BCUT2D eigenvalue weighted by Crippen LogP contribution is -2.32. The summed E-state index contributed by atoms with van der Waals surface area (Å²) in [5.74, 6) is 0.0802. The van der Waals surface area contributed by atoms with E-state index in [0.29, 0.717) is 25.1 Å². The number of benzene rings is 3. The third-order valence-corrected chi connectivity index (χ3v) is 6.34. The lowest BCUT2D eigenvalue weighted by Gasteiger charge is -2.24. The number of carboxylic acid groups (broad SMARTS) is 1. The second-order valence-electron chi connectivity index (χ2n) is 9.27. The Morgan fingerprint density at radius 3 is 2.40 bits per heavy atom. The van der Waals surface area contributed by atoms with Crippen molar-refractivity contribution < 1.29 is 19.4 Å². The topological polar surface area (TPSA) is 66.8 Å². The van der Waals surface area contributed by atoms with Crippen LogP contribution in [0.4, 0.5) is 0 Å². The van der Waals surface area contributed by atoms with E-state index in [1.165, 1.54) is 5.56 Å². The fourth-order valence-electron chi connectivity index (χ4n) is 4.24. The quantitative estimate of drug-likeness (QED) is 0.307. The van der Waals surface area contributed by atoms with Crippen LogP contribution >= 0.6 is 0 Å².